The smallest absolute Gasteiger partial charge is 0.0916 e. The number of hydrogen-bond donors (Lipinski definition) is 0. The number of nitrogens with zero attached hydrogens (tertiary/aromatic N) is 1. The van der Waals surface area contributed by atoms with E-state index in [4.69, 9.17) is 0 Å². The van der Waals surface area contributed by atoms with Crippen LogP contribution in [0.5, 0.6) is 0 Å². The third kappa shape index (κ3) is 2.08. The molecule has 0 saturated carbocycles. The van der Waals surface area contributed by atoms with E-state index >= 15 is 0 Å². The molecule has 88 valence electrons. The molecule has 0 spiro atoms. The Morgan fingerprint density at radius 3 is 2.33 bits per heavy atom. The maximum Gasteiger partial charge on any atom is 0.0916 e. The molecule has 0 aromatic heterocycles. The molecule has 1 nitrogen and oxygen atoms in total. The summed E-state index contributed by atoms with van der Waals surface area (Å²) in [5.41, 5.74) is 0. The zero-order valence-electron chi connectivity index (χ0n) is 10.8. The maximum absolute atomic E-state index is 2.51. The van der Waals surface area contributed by atoms with Crippen molar-refractivity contribution < 1.29 is 4.48 Å². The lowest BCUT2D eigenvalue weighted by Gasteiger charge is -2.44. The molecule has 2 heterocycles. The topological polar surface area (TPSA) is 0 Å². The monoisotopic (exact) mass is 210 g/mol. The van der Waals surface area contributed by atoms with Gasteiger partial charge >= 0.3 is 0 Å². The molecule has 0 aromatic carbocycles. The van der Waals surface area contributed by atoms with Crippen molar-refractivity contribution in [2.24, 2.45) is 5.92 Å². The summed E-state index contributed by atoms with van der Waals surface area (Å²) in [4.78, 5) is 0. The second-order valence-corrected chi connectivity index (χ2v) is 6.23. The van der Waals surface area contributed by atoms with Crippen LogP contribution in [0.3, 0.4) is 0 Å². The summed E-state index contributed by atoms with van der Waals surface area (Å²) >= 11 is 0. The zero-order valence-corrected chi connectivity index (χ0v) is 10.8. The van der Waals surface area contributed by atoms with E-state index in [1.165, 1.54) is 55.8 Å². The number of fused-ring (bicyclic) bond motifs is 2. The van der Waals surface area contributed by atoms with E-state index in [9.17, 15) is 0 Å². The van der Waals surface area contributed by atoms with E-state index < -0.39 is 0 Å². The molecule has 2 aliphatic rings. The van der Waals surface area contributed by atoms with Crippen LogP contribution in [0.25, 0.3) is 0 Å². The summed E-state index contributed by atoms with van der Waals surface area (Å²) in [6, 6.07) is 1.93. The summed E-state index contributed by atoms with van der Waals surface area (Å²) < 4.78 is 1.33. The molecule has 2 fully saturated rings. The highest BCUT2D eigenvalue weighted by Crippen LogP contribution is 2.39. The summed E-state index contributed by atoms with van der Waals surface area (Å²) in [7, 11) is 5.02. The average Bonchev–Trinajstić information content (AvgIpc) is 2.43. The lowest BCUT2D eigenvalue weighted by Crippen LogP contribution is -2.56. The second-order valence-electron chi connectivity index (χ2n) is 6.23. The van der Waals surface area contributed by atoms with E-state index in [1.807, 2.05) is 0 Å². The van der Waals surface area contributed by atoms with E-state index in [0.717, 1.165) is 18.0 Å². The first-order valence-electron chi connectivity index (χ1n) is 6.99. The first kappa shape index (κ1) is 11.4. The highest BCUT2D eigenvalue weighted by molar-refractivity contribution is 4.79. The van der Waals surface area contributed by atoms with Gasteiger partial charge in [0.05, 0.1) is 26.2 Å². The fraction of sp³-hybridized carbons (Fsp3) is 1.00. The molecule has 0 aliphatic carbocycles. The fourth-order valence-electron chi connectivity index (χ4n) is 4.21. The molecule has 0 radical (unpaired) electrons. The summed E-state index contributed by atoms with van der Waals surface area (Å²) in [5, 5.41) is 0. The highest BCUT2D eigenvalue weighted by atomic mass is 15.4. The van der Waals surface area contributed by atoms with Crippen molar-refractivity contribution in [3.05, 3.63) is 0 Å². The fourth-order valence-corrected chi connectivity index (χ4v) is 4.21. The minimum atomic E-state index is 0.963. The van der Waals surface area contributed by atoms with Gasteiger partial charge in [-0.15, -0.1) is 0 Å². The first-order valence-corrected chi connectivity index (χ1v) is 6.99. The molecule has 2 rings (SSSR count). The molecule has 0 N–H and O–H groups in total. The van der Waals surface area contributed by atoms with Gasteiger partial charge in [0.2, 0.25) is 0 Å². The van der Waals surface area contributed by atoms with E-state index in [2.05, 4.69) is 21.0 Å². The maximum atomic E-state index is 2.51. The van der Waals surface area contributed by atoms with Crippen LogP contribution < -0.4 is 0 Å². The lowest BCUT2D eigenvalue weighted by atomic mass is 9.88. The average molecular weight is 210 g/mol. The molecule has 2 aliphatic heterocycles. The predicted molar refractivity (Wildman–Crippen MR) is 65.8 cm³/mol. The van der Waals surface area contributed by atoms with Crippen LogP contribution in [-0.4, -0.2) is 30.7 Å². The Morgan fingerprint density at radius 1 is 0.933 bits per heavy atom. The second kappa shape index (κ2) is 4.45. The lowest BCUT2D eigenvalue weighted by molar-refractivity contribution is -0.940. The molecule has 3 atom stereocenters. The zero-order chi connectivity index (χ0) is 10.9. The third-order valence-corrected chi connectivity index (χ3v) is 5.26. The van der Waals surface area contributed by atoms with E-state index in [0.29, 0.717) is 0 Å². The Labute approximate surface area is 95.4 Å². The summed E-state index contributed by atoms with van der Waals surface area (Å²) in [6.45, 7) is 2.40. The predicted octanol–water partition coefficient (Wildman–Crippen LogP) is 3.58. The SMILES string of the molecule is CC[C@@H]1CCC[C@H]2CCCC[C@@H]1[N+]2(C)C. The Balaban J connectivity index is 2.24. The van der Waals surface area contributed by atoms with Gasteiger partial charge in [-0.05, 0) is 51.4 Å². The van der Waals surface area contributed by atoms with Crippen LogP contribution in [0.15, 0.2) is 0 Å². The van der Waals surface area contributed by atoms with Crippen molar-refractivity contribution in [1.29, 1.82) is 0 Å². The van der Waals surface area contributed by atoms with Crippen LogP contribution in [-0.2, 0) is 0 Å². The van der Waals surface area contributed by atoms with Crippen molar-refractivity contribution in [2.45, 2.75) is 70.4 Å². The van der Waals surface area contributed by atoms with Crippen molar-refractivity contribution in [3.8, 4) is 0 Å². The van der Waals surface area contributed by atoms with Crippen molar-refractivity contribution in [2.75, 3.05) is 14.1 Å². The quantitative estimate of drug-likeness (QED) is 0.580. The van der Waals surface area contributed by atoms with Crippen LogP contribution in [0.4, 0.5) is 0 Å². The molecule has 15 heavy (non-hydrogen) atoms. The molecule has 0 amide bonds. The third-order valence-electron chi connectivity index (χ3n) is 5.26. The molecule has 1 heteroatoms. The van der Waals surface area contributed by atoms with Gasteiger partial charge < -0.3 is 4.48 Å². The largest absolute Gasteiger partial charge is 0.323 e. The molecule has 2 bridgehead atoms. The van der Waals surface area contributed by atoms with Crippen LogP contribution in [0.1, 0.15) is 58.3 Å². The minimum absolute atomic E-state index is 0.963. The molecule has 2 saturated heterocycles. The van der Waals surface area contributed by atoms with Crippen molar-refractivity contribution >= 4 is 0 Å². The van der Waals surface area contributed by atoms with Gasteiger partial charge in [-0.25, -0.2) is 0 Å². The summed E-state index contributed by atoms with van der Waals surface area (Å²) in [6.07, 6.45) is 11.8. The molecule has 0 unspecified atom stereocenters. The Morgan fingerprint density at radius 2 is 1.60 bits per heavy atom. The van der Waals surface area contributed by atoms with Gasteiger partial charge in [-0.3, -0.25) is 0 Å². The Bertz CT molecular complexity index is 209. The highest BCUT2D eigenvalue weighted by Gasteiger charge is 2.43. The van der Waals surface area contributed by atoms with Crippen LogP contribution in [0.2, 0.25) is 0 Å². The van der Waals surface area contributed by atoms with Gasteiger partial charge in [-0.2, -0.15) is 0 Å². The van der Waals surface area contributed by atoms with Crippen molar-refractivity contribution in [3.63, 3.8) is 0 Å². The van der Waals surface area contributed by atoms with Gasteiger partial charge in [0.25, 0.3) is 0 Å². The minimum Gasteiger partial charge on any atom is -0.323 e. The normalized spacial score (nSPS) is 40.6. The number of hydrogen-bond acceptors (Lipinski definition) is 0. The molecular weight excluding hydrogens is 182 g/mol. The molecule has 0 aromatic rings. The standard InChI is InChI=1S/C14H28N/c1-4-12-8-7-10-13-9-5-6-11-14(12)15(13,2)3/h12-14H,4-11H2,1-3H3/q+1/t12-,13-,14+/m1/s1. The van der Waals surface area contributed by atoms with Crippen molar-refractivity contribution in [1.82, 2.24) is 0 Å². The van der Waals surface area contributed by atoms with Gasteiger partial charge in [0, 0.05) is 5.92 Å². The van der Waals surface area contributed by atoms with Gasteiger partial charge in [0.15, 0.2) is 0 Å². The van der Waals surface area contributed by atoms with Gasteiger partial charge in [0.1, 0.15) is 0 Å². The first-order chi connectivity index (χ1) is 7.16. The Kier molecular flexibility index (Phi) is 3.39. The summed E-state index contributed by atoms with van der Waals surface area (Å²) in [5.74, 6) is 1.00. The van der Waals surface area contributed by atoms with E-state index in [1.54, 1.807) is 0 Å². The van der Waals surface area contributed by atoms with E-state index in [-0.39, 0.29) is 0 Å². The van der Waals surface area contributed by atoms with Gasteiger partial charge in [-0.1, -0.05) is 6.92 Å². The Hall–Kier alpha value is -0.0400. The van der Waals surface area contributed by atoms with Crippen LogP contribution in [0, 0.1) is 5.92 Å². The molecular formula is C14H28N+. The van der Waals surface area contributed by atoms with Crippen LogP contribution >= 0.6 is 0 Å². The number of rotatable bonds is 1. The number of quaternary nitrogens is 1.